The van der Waals surface area contributed by atoms with Crippen LogP contribution in [0.4, 0.5) is 5.69 Å². The molecule has 3 aromatic carbocycles. The minimum atomic E-state index is -4.10. The number of benzene rings is 3. The van der Waals surface area contributed by atoms with E-state index in [1.807, 2.05) is 39.0 Å². The van der Waals surface area contributed by atoms with Crippen LogP contribution in [0.15, 0.2) is 77.7 Å². The summed E-state index contributed by atoms with van der Waals surface area (Å²) in [6.45, 7) is 7.58. The number of carbonyl (C=O) groups excluding carboxylic acids is 2. The molecule has 214 valence electrons. The molecule has 0 heterocycles. The van der Waals surface area contributed by atoms with Crippen LogP contribution >= 0.6 is 0 Å². The van der Waals surface area contributed by atoms with Crippen molar-refractivity contribution >= 4 is 27.5 Å². The third-order valence-corrected chi connectivity index (χ3v) is 8.74. The van der Waals surface area contributed by atoms with Gasteiger partial charge in [-0.05, 0) is 74.2 Å². The third-order valence-electron chi connectivity index (χ3n) is 6.96. The third kappa shape index (κ3) is 7.41. The Bertz CT molecular complexity index is 1390. The van der Waals surface area contributed by atoms with Crippen molar-refractivity contribution in [1.29, 1.82) is 0 Å². The summed E-state index contributed by atoms with van der Waals surface area (Å²) in [5.74, 6) is -0.115. The number of aryl methyl sites for hydroxylation is 1. The monoisotopic (exact) mass is 565 g/mol. The Morgan fingerprint density at radius 1 is 0.950 bits per heavy atom. The highest BCUT2D eigenvalue weighted by Gasteiger charge is 2.33. The summed E-state index contributed by atoms with van der Waals surface area (Å²) in [7, 11) is -2.53. The van der Waals surface area contributed by atoms with Gasteiger partial charge < -0.3 is 15.0 Å². The number of nitrogens with zero attached hydrogens (tertiary/aromatic N) is 2. The van der Waals surface area contributed by atoms with E-state index in [1.165, 1.54) is 17.0 Å². The van der Waals surface area contributed by atoms with E-state index in [2.05, 4.69) is 5.32 Å². The Morgan fingerprint density at radius 3 is 2.25 bits per heavy atom. The van der Waals surface area contributed by atoms with E-state index in [1.54, 1.807) is 56.5 Å². The second kappa shape index (κ2) is 14.0. The number of carbonyl (C=O) groups is 2. The molecule has 0 saturated carbocycles. The zero-order chi connectivity index (χ0) is 29.3. The number of hydrogen-bond donors (Lipinski definition) is 1. The summed E-state index contributed by atoms with van der Waals surface area (Å²) in [6.07, 6.45) is 1.74. The van der Waals surface area contributed by atoms with Gasteiger partial charge in [0.1, 0.15) is 18.3 Å². The first-order valence-corrected chi connectivity index (χ1v) is 14.9. The van der Waals surface area contributed by atoms with Crippen LogP contribution in [0.3, 0.4) is 0 Å². The van der Waals surface area contributed by atoms with Crippen molar-refractivity contribution in [3.05, 3.63) is 89.5 Å². The van der Waals surface area contributed by atoms with Crippen molar-refractivity contribution in [3.8, 4) is 5.75 Å². The van der Waals surface area contributed by atoms with Crippen molar-refractivity contribution in [1.82, 2.24) is 10.2 Å². The van der Waals surface area contributed by atoms with Gasteiger partial charge in [-0.25, -0.2) is 8.42 Å². The minimum absolute atomic E-state index is 0.0794. The molecule has 2 amide bonds. The molecule has 0 fully saturated rings. The molecule has 0 aliphatic carbocycles. The van der Waals surface area contributed by atoms with E-state index in [9.17, 15) is 18.0 Å². The summed E-state index contributed by atoms with van der Waals surface area (Å²) in [5.41, 5.74) is 2.85. The van der Waals surface area contributed by atoms with Crippen LogP contribution in [0.2, 0.25) is 0 Å². The standard InChI is InChI=1S/C31H39N3O5S/c1-6-7-20-32-31(36)25(4)33(21-26-16-18-27(39-5)19-17-26)30(35)22-34(29-15-11-12-23(2)24(29)3)40(37,38)28-13-9-8-10-14-28/h8-19,25H,6-7,20-22H2,1-5H3,(H,32,36)/t25-/m1/s1. The molecular formula is C31H39N3O5S. The van der Waals surface area contributed by atoms with Crippen LogP contribution in [0.5, 0.6) is 5.75 Å². The smallest absolute Gasteiger partial charge is 0.264 e. The van der Waals surface area contributed by atoms with E-state index in [0.29, 0.717) is 18.0 Å². The zero-order valence-electron chi connectivity index (χ0n) is 23.9. The van der Waals surface area contributed by atoms with Gasteiger partial charge in [0.2, 0.25) is 11.8 Å². The molecule has 0 radical (unpaired) electrons. The highest BCUT2D eigenvalue weighted by Crippen LogP contribution is 2.29. The molecule has 0 aromatic heterocycles. The molecular weight excluding hydrogens is 526 g/mol. The van der Waals surface area contributed by atoms with Crippen molar-refractivity contribution < 1.29 is 22.7 Å². The lowest BCUT2D eigenvalue weighted by molar-refractivity contribution is -0.139. The van der Waals surface area contributed by atoms with Gasteiger partial charge in [0.05, 0.1) is 17.7 Å². The topological polar surface area (TPSA) is 96.0 Å². The largest absolute Gasteiger partial charge is 0.497 e. The van der Waals surface area contributed by atoms with Crippen molar-refractivity contribution in [2.75, 3.05) is 24.5 Å². The Morgan fingerprint density at radius 2 is 1.62 bits per heavy atom. The van der Waals surface area contributed by atoms with E-state index < -0.39 is 28.5 Å². The van der Waals surface area contributed by atoms with E-state index >= 15 is 0 Å². The first-order chi connectivity index (χ1) is 19.1. The van der Waals surface area contributed by atoms with Crippen molar-refractivity contribution in [3.63, 3.8) is 0 Å². The molecule has 8 nitrogen and oxygen atoms in total. The number of rotatable bonds is 13. The number of ether oxygens (including phenoxy) is 1. The molecule has 9 heteroatoms. The van der Waals surface area contributed by atoms with Gasteiger partial charge >= 0.3 is 0 Å². The maximum atomic E-state index is 14.0. The second-order valence-electron chi connectivity index (χ2n) is 9.73. The van der Waals surface area contributed by atoms with Crippen LogP contribution < -0.4 is 14.4 Å². The zero-order valence-corrected chi connectivity index (χ0v) is 24.7. The Hall–Kier alpha value is -3.85. The summed E-state index contributed by atoms with van der Waals surface area (Å²) >= 11 is 0. The number of hydrogen-bond acceptors (Lipinski definition) is 5. The SMILES string of the molecule is CCCCNC(=O)[C@@H](C)N(Cc1ccc(OC)cc1)C(=O)CN(c1cccc(C)c1C)S(=O)(=O)c1ccccc1. The number of methoxy groups -OCH3 is 1. The summed E-state index contributed by atoms with van der Waals surface area (Å²) in [6, 6.07) is 19.8. The van der Waals surface area contributed by atoms with Gasteiger partial charge in [0, 0.05) is 13.1 Å². The number of anilines is 1. The molecule has 0 unspecified atom stereocenters. The Labute approximate surface area is 238 Å². The second-order valence-corrected chi connectivity index (χ2v) is 11.6. The average molecular weight is 566 g/mol. The molecule has 1 N–H and O–H groups in total. The Kier molecular flexibility index (Phi) is 10.7. The van der Waals surface area contributed by atoms with Crippen LogP contribution in [0.1, 0.15) is 43.4 Å². The van der Waals surface area contributed by atoms with E-state index in [-0.39, 0.29) is 17.3 Å². The predicted octanol–water partition coefficient (Wildman–Crippen LogP) is 4.84. The normalized spacial score (nSPS) is 11.9. The molecule has 40 heavy (non-hydrogen) atoms. The van der Waals surface area contributed by atoms with Crippen LogP contribution in [0, 0.1) is 13.8 Å². The maximum absolute atomic E-state index is 14.0. The lowest BCUT2D eigenvalue weighted by atomic mass is 10.1. The van der Waals surface area contributed by atoms with E-state index in [0.717, 1.165) is 33.8 Å². The lowest BCUT2D eigenvalue weighted by Gasteiger charge is -2.32. The number of unbranched alkanes of at least 4 members (excludes halogenated alkanes) is 1. The van der Waals surface area contributed by atoms with Gasteiger partial charge in [0.25, 0.3) is 10.0 Å². The summed E-state index contributed by atoms with van der Waals surface area (Å²) < 4.78 is 34.2. The molecule has 0 aliphatic heterocycles. The number of nitrogens with one attached hydrogen (secondary N) is 1. The molecule has 3 aromatic rings. The molecule has 3 rings (SSSR count). The molecule has 1 atom stereocenters. The predicted molar refractivity (Wildman–Crippen MR) is 158 cm³/mol. The fraction of sp³-hybridized carbons (Fsp3) is 0.355. The quantitative estimate of drug-likeness (QED) is 0.299. The fourth-order valence-corrected chi connectivity index (χ4v) is 5.78. The van der Waals surface area contributed by atoms with Gasteiger partial charge in [-0.15, -0.1) is 0 Å². The highest BCUT2D eigenvalue weighted by atomic mass is 32.2. The lowest BCUT2D eigenvalue weighted by Crippen LogP contribution is -2.51. The van der Waals surface area contributed by atoms with Gasteiger partial charge in [-0.3, -0.25) is 13.9 Å². The highest BCUT2D eigenvalue weighted by molar-refractivity contribution is 7.92. The molecule has 0 bridgehead atoms. The molecule has 0 aliphatic rings. The summed E-state index contributed by atoms with van der Waals surface area (Å²) in [4.78, 5) is 28.6. The fourth-order valence-electron chi connectivity index (χ4n) is 4.29. The average Bonchev–Trinajstić information content (AvgIpc) is 2.96. The summed E-state index contributed by atoms with van der Waals surface area (Å²) in [5, 5.41) is 2.90. The number of sulfonamides is 1. The first kappa shape index (κ1) is 30.7. The van der Waals surface area contributed by atoms with E-state index in [4.69, 9.17) is 4.74 Å². The molecule has 0 spiro atoms. The van der Waals surface area contributed by atoms with Gasteiger partial charge in [-0.2, -0.15) is 0 Å². The molecule has 0 saturated heterocycles. The van der Waals surface area contributed by atoms with Gasteiger partial charge in [-0.1, -0.05) is 55.8 Å². The van der Waals surface area contributed by atoms with Crippen molar-refractivity contribution in [2.45, 2.75) is 58.0 Å². The minimum Gasteiger partial charge on any atom is -0.497 e. The van der Waals surface area contributed by atoms with Crippen LogP contribution in [-0.4, -0.2) is 51.4 Å². The van der Waals surface area contributed by atoms with Crippen LogP contribution in [0.25, 0.3) is 0 Å². The Balaban J connectivity index is 2.02. The van der Waals surface area contributed by atoms with Crippen LogP contribution in [-0.2, 0) is 26.2 Å². The van der Waals surface area contributed by atoms with Crippen molar-refractivity contribution in [2.24, 2.45) is 0 Å². The first-order valence-electron chi connectivity index (χ1n) is 13.4. The van der Waals surface area contributed by atoms with Gasteiger partial charge in [0.15, 0.2) is 0 Å². The maximum Gasteiger partial charge on any atom is 0.264 e. The number of amides is 2.